The molecule has 0 saturated carbocycles. The van der Waals surface area contributed by atoms with Crippen LogP contribution in [0, 0.1) is 0 Å². The number of aromatic nitrogens is 1. The maximum absolute atomic E-state index is 4.31. The minimum atomic E-state index is 0.0328. The second-order valence-electron chi connectivity index (χ2n) is 7.70. The SMILES string of the molecule is C=NC(C)c1ccccc1-n1c2ccccc2c2c3sc4ccccc4c3ccc21. The number of hydrogen-bond donors (Lipinski definition) is 0. The number of fused-ring (bicyclic) bond motifs is 7. The predicted octanol–water partition coefficient (Wildman–Crippen LogP) is 7.91. The molecule has 0 N–H and O–H groups in total. The average Bonchev–Trinajstić information content (AvgIpc) is 3.34. The van der Waals surface area contributed by atoms with Gasteiger partial charge in [-0.05, 0) is 37.9 Å². The molecule has 0 aliphatic carbocycles. The van der Waals surface area contributed by atoms with Gasteiger partial charge in [-0.3, -0.25) is 4.99 Å². The summed E-state index contributed by atoms with van der Waals surface area (Å²) < 4.78 is 5.09. The van der Waals surface area contributed by atoms with Crippen LogP contribution >= 0.6 is 11.3 Å². The Hall–Kier alpha value is -3.43. The van der Waals surface area contributed by atoms with Crippen LogP contribution in [0.5, 0.6) is 0 Å². The fraction of sp³-hybridized carbons (Fsp3) is 0.0741. The van der Waals surface area contributed by atoms with Crippen LogP contribution in [0.25, 0.3) is 47.7 Å². The third kappa shape index (κ3) is 2.33. The molecule has 0 spiro atoms. The van der Waals surface area contributed by atoms with Crippen molar-refractivity contribution < 1.29 is 0 Å². The largest absolute Gasteiger partial charge is 0.309 e. The Kier molecular flexibility index (Phi) is 3.80. The molecule has 1 atom stereocenters. The normalized spacial score (nSPS) is 12.8. The third-order valence-electron chi connectivity index (χ3n) is 6.08. The zero-order valence-electron chi connectivity index (χ0n) is 16.7. The van der Waals surface area contributed by atoms with Gasteiger partial charge in [0.1, 0.15) is 0 Å². The number of hydrogen-bond acceptors (Lipinski definition) is 2. The molecule has 144 valence electrons. The molecular formula is C27H20N2S. The lowest BCUT2D eigenvalue weighted by Crippen LogP contribution is -2.01. The van der Waals surface area contributed by atoms with Gasteiger partial charge in [0.05, 0.1) is 22.8 Å². The number of aliphatic imine (C=N–C) groups is 1. The number of thiophene rings is 1. The minimum absolute atomic E-state index is 0.0328. The van der Waals surface area contributed by atoms with Gasteiger partial charge in [-0.1, -0.05) is 60.7 Å². The van der Waals surface area contributed by atoms with Crippen LogP contribution in [0.3, 0.4) is 0 Å². The second-order valence-corrected chi connectivity index (χ2v) is 8.76. The summed E-state index contributed by atoms with van der Waals surface area (Å²) in [6.45, 7) is 5.89. The molecule has 0 radical (unpaired) electrons. The van der Waals surface area contributed by atoms with Crippen molar-refractivity contribution in [3.63, 3.8) is 0 Å². The lowest BCUT2D eigenvalue weighted by Gasteiger charge is -2.16. The van der Waals surface area contributed by atoms with Gasteiger partial charge >= 0.3 is 0 Å². The molecule has 30 heavy (non-hydrogen) atoms. The molecule has 0 bridgehead atoms. The van der Waals surface area contributed by atoms with Crippen LogP contribution in [0.2, 0.25) is 0 Å². The van der Waals surface area contributed by atoms with Crippen molar-refractivity contribution in [2.75, 3.05) is 0 Å². The Balaban J connectivity index is 1.82. The van der Waals surface area contributed by atoms with Crippen LogP contribution in [-0.4, -0.2) is 11.3 Å². The standard InChI is InChI=1S/C27H20N2S/c1-17(28-2)18-9-3-6-12-22(18)29-23-13-7-4-11-21(23)26-24(29)16-15-20-19-10-5-8-14-25(19)30-27(20)26/h3-17H,2H2,1H3. The van der Waals surface area contributed by atoms with Crippen LogP contribution in [-0.2, 0) is 0 Å². The molecule has 0 fully saturated rings. The van der Waals surface area contributed by atoms with E-state index in [2.05, 4.69) is 108 Å². The van der Waals surface area contributed by atoms with Gasteiger partial charge in [0.25, 0.3) is 0 Å². The average molecular weight is 405 g/mol. The molecule has 0 saturated heterocycles. The van der Waals surface area contributed by atoms with E-state index in [1.807, 2.05) is 11.3 Å². The molecular weight excluding hydrogens is 384 g/mol. The molecule has 0 aliphatic rings. The molecule has 2 heterocycles. The van der Waals surface area contributed by atoms with Gasteiger partial charge in [0.2, 0.25) is 0 Å². The molecule has 6 aromatic rings. The highest BCUT2D eigenvalue weighted by Crippen LogP contribution is 2.43. The molecule has 0 amide bonds. The summed E-state index contributed by atoms with van der Waals surface area (Å²) in [4.78, 5) is 4.31. The number of nitrogens with zero attached hydrogens (tertiary/aromatic N) is 2. The summed E-state index contributed by atoms with van der Waals surface area (Å²) in [6, 6.07) is 30.6. The highest BCUT2D eigenvalue weighted by molar-refractivity contribution is 7.26. The maximum atomic E-state index is 4.31. The minimum Gasteiger partial charge on any atom is -0.309 e. The van der Waals surface area contributed by atoms with Gasteiger partial charge in [-0.15, -0.1) is 11.3 Å². The fourth-order valence-corrected chi connectivity index (χ4v) is 5.90. The Labute approximate surface area is 178 Å². The fourth-order valence-electron chi connectivity index (χ4n) is 4.64. The van der Waals surface area contributed by atoms with Crippen molar-refractivity contribution >= 4 is 60.0 Å². The zero-order chi connectivity index (χ0) is 20.2. The first-order chi connectivity index (χ1) is 14.8. The Morgan fingerprint density at radius 3 is 2.37 bits per heavy atom. The second kappa shape index (κ2) is 6.54. The van der Waals surface area contributed by atoms with Crippen molar-refractivity contribution in [2.24, 2.45) is 4.99 Å². The zero-order valence-corrected chi connectivity index (χ0v) is 17.5. The molecule has 2 nitrogen and oxygen atoms in total. The first-order valence-electron chi connectivity index (χ1n) is 10.2. The van der Waals surface area contributed by atoms with Crippen LogP contribution < -0.4 is 0 Å². The maximum Gasteiger partial charge on any atom is 0.0734 e. The predicted molar refractivity (Wildman–Crippen MR) is 132 cm³/mol. The molecule has 1 unspecified atom stereocenters. The topological polar surface area (TPSA) is 17.3 Å². The molecule has 0 aliphatic heterocycles. The molecule has 4 aromatic carbocycles. The first kappa shape index (κ1) is 17.4. The summed E-state index contributed by atoms with van der Waals surface area (Å²) in [5, 5.41) is 5.29. The first-order valence-corrected chi connectivity index (χ1v) is 11.0. The Bertz CT molecular complexity index is 1590. The van der Waals surface area contributed by atoms with Crippen LogP contribution in [0.4, 0.5) is 0 Å². The van der Waals surface area contributed by atoms with Crippen molar-refractivity contribution in [1.82, 2.24) is 4.57 Å². The van der Waals surface area contributed by atoms with E-state index in [-0.39, 0.29) is 6.04 Å². The summed E-state index contributed by atoms with van der Waals surface area (Å²) in [5.74, 6) is 0. The van der Waals surface area contributed by atoms with Crippen LogP contribution in [0.15, 0.2) is 89.9 Å². The van der Waals surface area contributed by atoms with E-state index in [1.165, 1.54) is 53.2 Å². The van der Waals surface area contributed by atoms with E-state index >= 15 is 0 Å². The third-order valence-corrected chi connectivity index (χ3v) is 7.29. The number of para-hydroxylation sites is 2. The van der Waals surface area contributed by atoms with Gasteiger partial charge in [-0.2, -0.15) is 0 Å². The highest BCUT2D eigenvalue weighted by Gasteiger charge is 2.19. The van der Waals surface area contributed by atoms with Gasteiger partial charge in [0.15, 0.2) is 0 Å². The lowest BCUT2D eigenvalue weighted by molar-refractivity contribution is 0.818. The van der Waals surface area contributed by atoms with Crippen molar-refractivity contribution in [1.29, 1.82) is 0 Å². The van der Waals surface area contributed by atoms with E-state index in [4.69, 9.17) is 0 Å². The summed E-state index contributed by atoms with van der Waals surface area (Å²) in [6.07, 6.45) is 0. The summed E-state index contributed by atoms with van der Waals surface area (Å²) >= 11 is 1.89. The quantitative estimate of drug-likeness (QED) is 0.267. The van der Waals surface area contributed by atoms with E-state index in [0.717, 1.165) is 0 Å². The van der Waals surface area contributed by atoms with E-state index in [9.17, 15) is 0 Å². The van der Waals surface area contributed by atoms with Gasteiger partial charge in [0, 0.05) is 36.5 Å². The Morgan fingerprint density at radius 1 is 0.767 bits per heavy atom. The monoisotopic (exact) mass is 404 g/mol. The van der Waals surface area contributed by atoms with E-state index in [1.54, 1.807) is 0 Å². The number of benzene rings is 4. The van der Waals surface area contributed by atoms with E-state index in [0.29, 0.717) is 0 Å². The summed E-state index contributed by atoms with van der Waals surface area (Å²) in [5.41, 5.74) is 4.82. The van der Waals surface area contributed by atoms with Gasteiger partial charge < -0.3 is 4.57 Å². The highest BCUT2D eigenvalue weighted by atomic mass is 32.1. The lowest BCUT2D eigenvalue weighted by atomic mass is 10.1. The van der Waals surface area contributed by atoms with Crippen molar-refractivity contribution in [3.05, 3.63) is 90.5 Å². The smallest absolute Gasteiger partial charge is 0.0734 e. The number of rotatable bonds is 3. The van der Waals surface area contributed by atoms with Crippen molar-refractivity contribution in [3.8, 4) is 5.69 Å². The molecule has 2 aromatic heterocycles. The molecule has 6 rings (SSSR count). The molecule has 3 heteroatoms. The summed E-state index contributed by atoms with van der Waals surface area (Å²) in [7, 11) is 0. The van der Waals surface area contributed by atoms with Gasteiger partial charge in [-0.25, -0.2) is 0 Å². The van der Waals surface area contributed by atoms with Crippen molar-refractivity contribution in [2.45, 2.75) is 13.0 Å². The van der Waals surface area contributed by atoms with E-state index < -0.39 is 0 Å². The Morgan fingerprint density at radius 2 is 1.50 bits per heavy atom. The van der Waals surface area contributed by atoms with Crippen LogP contribution in [0.1, 0.15) is 18.5 Å².